The lowest BCUT2D eigenvalue weighted by atomic mass is 9.73. The molecule has 3 aliphatic rings. The first-order chi connectivity index (χ1) is 12.6. The van der Waals surface area contributed by atoms with Crippen LogP contribution in [0.4, 0.5) is 0 Å². The molecule has 0 unspecified atom stereocenters. The number of hydrogen-bond donors (Lipinski definition) is 2. The number of nitrogens with zero attached hydrogens (tertiary/aromatic N) is 2. The second kappa shape index (κ2) is 11.2. The number of halogens is 1. The fourth-order valence-electron chi connectivity index (χ4n) is 4.35. The summed E-state index contributed by atoms with van der Waals surface area (Å²) < 4.78 is 10.9. The molecule has 2 aliphatic heterocycles. The van der Waals surface area contributed by atoms with Crippen molar-refractivity contribution in [2.45, 2.75) is 46.0 Å². The van der Waals surface area contributed by atoms with Crippen molar-refractivity contribution in [3.8, 4) is 0 Å². The summed E-state index contributed by atoms with van der Waals surface area (Å²) >= 11 is 0. The average Bonchev–Trinajstić information content (AvgIpc) is 2.64. The van der Waals surface area contributed by atoms with E-state index in [0.29, 0.717) is 5.41 Å². The Bertz CT molecular complexity index is 459. The molecule has 2 saturated heterocycles. The first kappa shape index (κ1) is 23.2. The van der Waals surface area contributed by atoms with Gasteiger partial charge in [0.1, 0.15) is 0 Å². The highest BCUT2D eigenvalue weighted by molar-refractivity contribution is 14.0. The van der Waals surface area contributed by atoms with Gasteiger partial charge in [0.25, 0.3) is 0 Å². The lowest BCUT2D eigenvalue weighted by Crippen LogP contribution is -2.51. The number of rotatable bonds is 7. The predicted octanol–water partition coefficient (Wildman–Crippen LogP) is 2.48. The minimum Gasteiger partial charge on any atom is -0.380 e. The maximum atomic E-state index is 5.54. The normalized spacial score (nSPS) is 25.2. The van der Waals surface area contributed by atoms with Gasteiger partial charge in [0.05, 0.1) is 33.0 Å². The van der Waals surface area contributed by atoms with Crippen LogP contribution in [0, 0.1) is 10.8 Å². The van der Waals surface area contributed by atoms with Crippen LogP contribution < -0.4 is 10.6 Å². The van der Waals surface area contributed by atoms with Crippen molar-refractivity contribution in [1.29, 1.82) is 0 Å². The Kier molecular flexibility index (Phi) is 9.58. The lowest BCUT2D eigenvalue weighted by molar-refractivity contribution is -0.0945. The first-order valence-electron chi connectivity index (χ1n) is 10.5. The molecule has 1 aliphatic carbocycles. The topological polar surface area (TPSA) is 58.1 Å². The van der Waals surface area contributed by atoms with Gasteiger partial charge in [0, 0.05) is 43.6 Å². The van der Waals surface area contributed by atoms with Crippen LogP contribution >= 0.6 is 24.0 Å². The minimum absolute atomic E-state index is 0. The van der Waals surface area contributed by atoms with Gasteiger partial charge in [-0.05, 0) is 19.8 Å². The zero-order valence-electron chi connectivity index (χ0n) is 17.2. The van der Waals surface area contributed by atoms with E-state index in [1.165, 1.54) is 38.6 Å². The number of morpholine rings is 1. The summed E-state index contributed by atoms with van der Waals surface area (Å²) in [6, 6.07) is 0. The lowest BCUT2D eigenvalue weighted by Gasteiger charge is -2.42. The molecule has 0 bridgehead atoms. The van der Waals surface area contributed by atoms with Gasteiger partial charge in [-0.15, -0.1) is 24.0 Å². The molecule has 2 N–H and O–H groups in total. The summed E-state index contributed by atoms with van der Waals surface area (Å²) in [4.78, 5) is 7.45. The number of aliphatic imine (C=N–C) groups is 1. The molecule has 2 heterocycles. The fourth-order valence-corrected chi connectivity index (χ4v) is 4.35. The molecular formula is C20H39IN4O2. The Morgan fingerprint density at radius 1 is 1.04 bits per heavy atom. The zero-order valence-corrected chi connectivity index (χ0v) is 19.6. The van der Waals surface area contributed by atoms with E-state index < -0.39 is 0 Å². The Morgan fingerprint density at radius 3 is 2.33 bits per heavy atom. The van der Waals surface area contributed by atoms with Gasteiger partial charge in [-0.25, -0.2) is 0 Å². The summed E-state index contributed by atoms with van der Waals surface area (Å²) in [6.07, 6.45) is 6.74. The second-order valence-electron chi connectivity index (χ2n) is 8.80. The monoisotopic (exact) mass is 494 g/mol. The van der Waals surface area contributed by atoms with Crippen molar-refractivity contribution in [1.82, 2.24) is 15.5 Å². The van der Waals surface area contributed by atoms with Crippen LogP contribution in [0.3, 0.4) is 0 Å². The average molecular weight is 494 g/mol. The first-order valence-corrected chi connectivity index (χ1v) is 10.5. The highest BCUT2D eigenvalue weighted by Gasteiger charge is 2.35. The van der Waals surface area contributed by atoms with Crippen LogP contribution in [0.15, 0.2) is 4.99 Å². The summed E-state index contributed by atoms with van der Waals surface area (Å²) in [5, 5.41) is 7.11. The molecule has 0 radical (unpaired) electrons. The third-order valence-electron chi connectivity index (χ3n) is 6.07. The summed E-state index contributed by atoms with van der Waals surface area (Å²) in [5.41, 5.74) is 0.591. The molecule has 3 fully saturated rings. The summed E-state index contributed by atoms with van der Waals surface area (Å²) in [6.45, 7) is 13.9. The number of nitrogens with one attached hydrogen (secondary N) is 2. The Hall–Kier alpha value is -0.120. The van der Waals surface area contributed by atoms with E-state index in [2.05, 4.69) is 29.4 Å². The SMILES string of the molecule is CCNC(=NCC1(C)COC1)NCC1(CN2CCOCC2)CCCCC1.I. The zero-order chi connectivity index (χ0) is 18.3. The van der Waals surface area contributed by atoms with E-state index in [0.717, 1.165) is 65.1 Å². The maximum Gasteiger partial charge on any atom is 0.191 e. The van der Waals surface area contributed by atoms with Crippen molar-refractivity contribution in [3.63, 3.8) is 0 Å². The second-order valence-corrected chi connectivity index (χ2v) is 8.80. The number of hydrogen-bond acceptors (Lipinski definition) is 4. The van der Waals surface area contributed by atoms with Crippen LogP contribution in [0.5, 0.6) is 0 Å². The van der Waals surface area contributed by atoms with Crippen LogP contribution in [0.25, 0.3) is 0 Å². The standard InChI is InChI=1S/C20H38N4O2.HI/c1-3-21-18(22-13-19(2)16-26-17-19)23-14-20(7-5-4-6-8-20)15-24-9-11-25-12-10-24;/h3-17H2,1-2H3,(H2,21,22,23);1H. The number of ether oxygens (including phenoxy) is 2. The maximum absolute atomic E-state index is 5.54. The molecule has 0 aromatic rings. The molecule has 0 spiro atoms. The van der Waals surface area contributed by atoms with Crippen molar-refractivity contribution >= 4 is 29.9 Å². The number of guanidine groups is 1. The molecule has 1 saturated carbocycles. The van der Waals surface area contributed by atoms with Crippen LogP contribution in [0.1, 0.15) is 46.0 Å². The molecule has 0 aromatic carbocycles. The molecule has 6 nitrogen and oxygen atoms in total. The van der Waals surface area contributed by atoms with E-state index in [4.69, 9.17) is 14.5 Å². The molecule has 27 heavy (non-hydrogen) atoms. The Morgan fingerprint density at radius 2 is 1.74 bits per heavy atom. The predicted molar refractivity (Wildman–Crippen MR) is 121 cm³/mol. The third-order valence-corrected chi connectivity index (χ3v) is 6.07. The van der Waals surface area contributed by atoms with Crippen molar-refractivity contribution in [2.75, 3.05) is 65.7 Å². The molecule has 0 atom stereocenters. The van der Waals surface area contributed by atoms with Gasteiger partial charge in [-0.1, -0.05) is 26.2 Å². The van der Waals surface area contributed by atoms with Crippen molar-refractivity contribution < 1.29 is 9.47 Å². The molecule has 0 amide bonds. The summed E-state index contributed by atoms with van der Waals surface area (Å²) in [5.74, 6) is 0.965. The van der Waals surface area contributed by atoms with Crippen LogP contribution in [-0.2, 0) is 9.47 Å². The van der Waals surface area contributed by atoms with Gasteiger partial charge in [-0.3, -0.25) is 9.89 Å². The quantitative estimate of drug-likeness (QED) is 0.324. The van der Waals surface area contributed by atoms with E-state index in [-0.39, 0.29) is 29.4 Å². The van der Waals surface area contributed by atoms with Gasteiger partial charge < -0.3 is 20.1 Å². The van der Waals surface area contributed by atoms with Crippen LogP contribution in [0.2, 0.25) is 0 Å². The molecular weight excluding hydrogens is 455 g/mol. The third kappa shape index (κ3) is 7.01. The highest BCUT2D eigenvalue weighted by atomic mass is 127. The van der Waals surface area contributed by atoms with Crippen molar-refractivity contribution in [3.05, 3.63) is 0 Å². The van der Waals surface area contributed by atoms with Gasteiger partial charge in [-0.2, -0.15) is 0 Å². The van der Waals surface area contributed by atoms with E-state index >= 15 is 0 Å². The van der Waals surface area contributed by atoms with E-state index in [1.807, 2.05) is 0 Å². The van der Waals surface area contributed by atoms with Crippen LogP contribution in [-0.4, -0.2) is 76.6 Å². The molecule has 7 heteroatoms. The minimum atomic E-state index is 0. The smallest absolute Gasteiger partial charge is 0.191 e. The molecule has 158 valence electrons. The largest absolute Gasteiger partial charge is 0.380 e. The Labute approximate surface area is 182 Å². The van der Waals surface area contributed by atoms with E-state index in [9.17, 15) is 0 Å². The van der Waals surface area contributed by atoms with Gasteiger partial charge in [0.15, 0.2) is 5.96 Å². The fraction of sp³-hybridized carbons (Fsp3) is 0.950. The van der Waals surface area contributed by atoms with Gasteiger partial charge in [0.2, 0.25) is 0 Å². The summed E-state index contributed by atoms with van der Waals surface area (Å²) in [7, 11) is 0. The highest BCUT2D eigenvalue weighted by Crippen LogP contribution is 2.36. The van der Waals surface area contributed by atoms with Crippen molar-refractivity contribution in [2.24, 2.45) is 15.8 Å². The molecule has 0 aromatic heterocycles. The molecule has 3 rings (SSSR count). The van der Waals surface area contributed by atoms with Gasteiger partial charge >= 0.3 is 0 Å². The van der Waals surface area contributed by atoms with E-state index in [1.54, 1.807) is 0 Å². The Balaban J connectivity index is 0.00000261.